The standard InChI is InChI=1S/C22H20N2OS3/c1-15(21-23-18-8-4-6-10-20(18)28-21)24(2)22(25)17-7-3-5-9-19(17)27-14-16-11-12-26-13-16/h3-13,15H,14H2,1-2H3/t15-/m0/s1. The third kappa shape index (κ3) is 3.99. The second-order valence-corrected chi connectivity index (χ2v) is 9.39. The average molecular weight is 425 g/mol. The van der Waals surface area contributed by atoms with E-state index in [0.29, 0.717) is 0 Å². The van der Waals surface area contributed by atoms with Crippen molar-refractivity contribution in [2.45, 2.75) is 23.6 Å². The van der Waals surface area contributed by atoms with Crippen molar-refractivity contribution in [1.82, 2.24) is 9.88 Å². The molecule has 3 nitrogen and oxygen atoms in total. The zero-order valence-corrected chi connectivity index (χ0v) is 18.1. The van der Waals surface area contributed by atoms with Gasteiger partial charge in [0, 0.05) is 17.7 Å². The van der Waals surface area contributed by atoms with Gasteiger partial charge in [0.25, 0.3) is 5.91 Å². The molecule has 0 spiro atoms. The van der Waals surface area contributed by atoms with Crippen LogP contribution in [0.2, 0.25) is 0 Å². The number of aromatic nitrogens is 1. The largest absolute Gasteiger partial charge is 0.332 e. The molecule has 0 radical (unpaired) electrons. The van der Waals surface area contributed by atoms with Crippen molar-refractivity contribution in [3.63, 3.8) is 0 Å². The molecule has 142 valence electrons. The average Bonchev–Trinajstić information content (AvgIpc) is 3.40. The monoisotopic (exact) mass is 424 g/mol. The van der Waals surface area contributed by atoms with Crippen molar-refractivity contribution in [1.29, 1.82) is 0 Å². The van der Waals surface area contributed by atoms with Crippen LogP contribution in [0.1, 0.15) is 33.9 Å². The Morgan fingerprint density at radius 2 is 1.93 bits per heavy atom. The van der Waals surface area contributed by atoms with E-state index in [1.165, 1.54) is 5.56 Å². The van der Waals surface area contributed by atoms with Gasteiger partial charge in [-0.1, -0.05) is 24.3 Å². The summed E-state index contributed by atoms with van der Waals surface area (Å²) in [5.41, 5.74) is 3.02. The number of thiophene rings is 1. The second kappa shape index (κ2) is 8.47. The maximum absolute atomic E-state index is 13.2. The first kappa shape index (κ1) is 19.2. The first-order valence-electron chi connectivity index (χ1n) is 8.99. The third-order valence-corrected chi connectivity index (χ3v) is 7.74. The first-order chi connectivity index (χ1) is 13.6. The lowest BCUT2D eigenvalue weighted by Crippen LogP contribution is -2.30. The molecule has 2 aromatic heterocycles. The van der Waals surface area contributed by atoms with E-state index >= 15 is 0 Å². The number of rotatable bonds is 6. The lowest BCUT2D eigenvalue weighted by Gasteiger charge is -2.24. The molecule has 1 amide bonds. The Balaban J connectivity index is 1.54. The molecule has 28 heavy (non-hydrogen) atoms. The van der Waals surface area contributed by atoms with Crippen LogP contribution in [-0.2, 0) is 5.75 Å². The van der Waals surface area contributed by atoms with E-state index in [0.717, 1.165) is 31.4 Å². The van der Waals surface area contributed by atoms with E-state index in [4.69, 9.17) is 4.98 Å². The fourth-order valence-corrected chi connectivity index (χ4v) is 5.73. The van der Waals surface area contributed by atoms with Gasteiger partial charge in [0.15, 0.2) is 0 Å². The van der Waals surface area contributed by atoms with Crippen molar-refractivity contribution in [2.75, 3.05) is 7.05 Å². The molecule has 4 rings (SSSR count). The molecule has 0 N–H and O–H groups in total. The number of para-hydroxylation sites is 1. The minimum absolute atomic E-state index is 0.0279. The highest BCUT2D eigenvalue weighted by atomic mass is 32.2. The highest BCUT2D eigenvalue weighted by Gasteiger charge is 2.23. The number of hydrogen-bond donors (Lipinski definition) is 0. The normalized spacial score (nSPS) is 12.2. The molecule has 0 aliphatic rings. The van der Waals surface area contributed by atoms with Crippen LogP contribution in [0.3, 0.4) is 0 Å². The predicted octanol–water partition coefficient (Wildman–Crippen LogP) is 6.48. The van der Waals surface area contributed by atoms with Crippen molar-refractivity contribution in [3.05, 3.63) is 81.5 Å². The summed E-state index contributed by atoms with van der Waals surface area (Å²) in [6, 6.07) is 18.0. The molecule has 6 heteroatoms. The Morgan fingerprint density at radius 3 is 2.71 bits per heavy atom. The van der Waals surface area contributed by atoms with Gasteiger partial charge in [0.1, 0.15) is 5.01 Å². The van der Waals surface area contributed by atoms with Gasteiger partial charge in [-0.3, -0.25) is 4.79 Å². The Hall–Kier alpha value is -2.15. The van der Waals surface area contributed by atoms with Gasteiger partial charge in [-0.25, -0.2) is 4.98 Å². The molecule has 0 saturated heterocycles. The van der Waals surface area contributed by atoms with E-state index in [-0.39, 0.29) is 11.9 Å². The van der Waals surface area contributed by atoms with Crippen LogP contribution in [0.25, 0.3) is 10.2 Å². The summed E-state index contributed by atoms with van der Waals surface area (Å²) in [7, 11) is 1.86. The first-order valence-corrected chi connectivity index (χ1v) is 11.7. The highest BCUT2D eigenvalue weighted by molar-refractivity contribution is 7.98. The zero-order valence-electron chi connectivity index (χ0n) is 15.7. The topological polar surface area (TPSA) is 33.2 Å². The van der Waals surface area contributed by atoms with Gasteiger partial charge >= 0.3 is 0 Å². The number of carbonyl (C=O) groups is 1. The van der Waals surface area contributed by atoms with Gasteiger partial charge in [-0.05, 0) is 53.6 Å². The summed E-state index contributed by atoms with van der Waals surface area (Å²) >= 11 is 5.06. The van der Waals surface area contributed by atoms with Crippen LogP contribution in [0.15, 0.2) is 70.3 Å². The van der Waals surface area contributed by atoms with Crippen molar-refractivity contribution >= 4 is 50.6 Å². The number of fused-ring (bicyclic) bond motifs is 1. The summed E-state index contributed by atoms with van der Waals surface area (Å²) < 4.78 is 1.15. The van der Waals surface area contributed by atoms with Gasteiger partial charge in [-0.2, -0.15) is 11.3 Å². The molecule has 0 unspecified atom stereocenters. The quantitative estimate of drug-likeness (QED) is 0.332. The summed E-state index contributed by atoms with van der Waals surface area (Å²) in [4.78, 5) is 20.8. The molecule has 0 fully saturated rings. The SMILES string of the molecule is C[C@@H](c1nc2ccccc2s1)N(C)C(=O)c1ccccc1SCc1ccsc1. The Kier molecular flexibility index (Phi) is 5.80. The lowest BCUT2D eigenvalue weighted by atomic mass is 10.2. The highest BCUT2D eigenvalue weighted by Crippen LogP contribution is 2.32. The van der Waals surface area contributed by atoms with E-state index < -0.39 is 0 Å². The van der Waals surface area contributed by atoms with Crippen LogP contribution in [0.5, 0.6) is 0 Å². The Bertz CT molecular complexity index is 1060. The van der Waals surface area contributed by atoms with Crippen LogP contribution < -0.4 is 0 Å². The number of hydrogen-bond acceptors (Lipinski definition) is 5. The predicted molar refractivity (Wildman–Crippen MR) is 120 cm³/mol. The molecular formula is C22H20N2OS3. The second-order valence-electron chi connectivity index (χ2n) is 6.53. The van der Waals surface area contributed by atoms with Gasteiger partial charge in [-0.15, -0.1) is 23.1 Å². The van der Waals surface area contributed by atoms with Crippen LogP contribution in [0.4, 0.5) is 0 Å². The number of nitrogens with zero attached hydrogens (tertiary/aromatic N) is 2. The Labute approximate surface area is 177 Å². The molecule has 0 bridgehead atoms. The van der Waals surface area contributed by atoms with Crippen molar-refractivity contribution in [2.24, 2.45) is 0 Å². The van der Waals surface area contributed by atoms with E-state index in [2.05, 4.69) is 22.9 Å². The number of amides is 1. The minimum Gasteiger partial charge on any atom is -0.332 e. The molecule has 0 aliphatic carbocycles. The van der Waals surface area contributed by atoms with Crippen LogP contribution >= 0.6 is 34.4 Å². The fourth-order valence-electron chi connectivity index (χ4n) is 2.91. The minimum atomic E-state index is -0.0835. The smallest absolute Gasteiger partial charge is 0.255 e. The molecule has 0 saturated carbocycles. The lowest BCUT2D eigenvalue weighted by molar-refractivity contribution is 0.0739. The van der Waals surface area contributed by atoms with Gasteiger partial charge < -0.3 is 4.90 Å². The number of carbonyl (C=O) groups excluding carboxylic acids is 1. The van der Waals surface area contributed by atoms with Crippen LogP contribution in [0, 0.1) is 0 Å². The van der Waals surface area contributed by atoms with Crippen LogP contribution in [-0.4, -0.2) is 22.8 Å². The Morgan fingerprint density at radius 1 is 1.14 bits per heavy atom. The maximum atomic E-state index is 13.2. The number of thioether (sulfide) groups is 1. The summed E-state index contributed by atoms with van der Waals surface area (Å²) in [6.07, 6.45) is 0. The van der Waals surface area contributed by atoms with Gasteiger partial charge in [0.05, 0.1) is 21.8 Å². The number of benzene rings is 2. The summed E-state index contributed by atoms with van der Waals surface area (Å²) in [5.74, 6) is 0.894. The third-order valence-electron chi connectivity index (χ3n) is 4.66. The molecule has 2 aromatic carbocycles. The van der Waals surface area contributed by atoms with Gasteiger partial charge in [0.2, 0.25) is 0 Å². The molecule has 1 atom stereocenters. The van der Waals surface area contributed by atoms with E-state index in [1.54, 1.807) is 39.3 Å². The maximum Gasteiger partial charge on any atom is 0.255 e. The zero-order chi connectivity index (χ0) is 19.5. The van der Waals surface area contributed by atoms with E-state index in [9.17, 15) is 4.79 Å². The van der Waals surface area contributed by atoms with Crippen molar-refractivity contribution < 1.29 is 4.79 Å². The molecule has 2 heterocycles. The summed E-state index contributed by atoms with van der Waals surface area (Å²) in [5, 5.41) is 5.19. The summed E-state index contributed by atoms with van der Waals surface area (Å²) in [6.45, 7) is 2.04. The van der Waals surface area contributed by atoms with E-state index in [1.807, 2.05) is 56.4 Å². The molecule has 4 aromatic rings. The number of thiazole rings is 1. The van der Waals surface area contributed by atoms with Crippen molar-refractivity contribution in [3.8, 4) is 0 Å². The molecular weight excluding hydrogens is 404 g/mol. The fraction of sp³-hybridized carbons (Fsp3) is 0.182. The molecule has 0 aliphatic heterocycles.